The lowest BCUT2D eigenvalue weighted by molar-refractivity contribution is -0.123. The zero-order valence-electron chi connectivity index (χ0n) is 9.86. The van der Waals surface area contributed by atoms with Crippen LogP contribution in [-0.2, 0) is 9.36 Å². The van der Waals surface area contributed by atoms with E-state index in [2.05, 4.69) is 0 Å². The van der Waals surface area contributed by atoms with Gasteiger partial charge >= 0.3 is 7.60 Å². The van der Waals surface area contributed by atoms with Gasteiger partial charge in [-0.2, -0.15) is 0 Å². The smallest absolute Gasteiger partial charge is 0.324 e. The van der Waals surface area contributed by atoms with E-state index < -0.39 is 12.8 Å². The van der Waals surface area contributed by atoms with Crippen LogP contribution >= 0.6 is 7.60 Å². The minimum atomic E-state index is -4.20. The van der Waals surface area contributed by atoms with Crippen LogP contribution in [0.4, 0.5) is 0 Å². The van der Waals surface area contributed by atoms with Crippen molar-refractivity contribution in [1.29, 1.82) is 0 Å². The molecule has 0 radical (unpaired) electrons. The van der Waals surface area contributed by atoms with E-state index >= 15 is 0 Å². The highest BCUT2D eigenvalue weighted by Crippen LogP contribution is 2.52. The van der Waals surface area contributed by atoms with Crippen LogP contribution in [0.2, 0.25) is 0 Å². The predicted molar refractivity (Wildman–Crippen MR) is 59.8 cm³/mol. The Morgan fingerprint density at radius 2 is 1.67 bits per heavy atom. The fourth-order valence-electron chi connectivity index (χ4n) is 1.42. The van der Waals surface area contributed by atoms with E-state index in [0.29, 0.717) is 0 Å². The second kappa shape index (κ2) is 5.24. The van der Waals surface area contributed by atoms with E-state index in [0.717, 1.165) is 12.8 Å². The average Bonchev–Trinajstić information content (AvgIpc) is 2.03. The Balaban J connectivity index is 4.60. The second-order valence-electron chi connectivity index (χ2n) is 4.51. The van der Waals surface area contributed by atoms with Crippen molar-refractivity contribution >= 4 is 13.4 Å². The first kappa shape index (κ1) is 14.8. The highest BCUT2D eigenvalue weighted by molar-refractivity contribution is 7.53. The Morgan fingerprint density at radius 1 is 1.27 bits per heavy atom. The van der Waals surface area contributed by atoms with Gasteiger partial charge in [-0.3, -0.25) is 9.36 Å². The summed E-state index contributed by atoms with van der Waals surface area (Å²) >= 11 is 0. The maximum atomic E-state index is 11.7. The lowest BCUT2D eigenvalue weighted by Crippen LogP contribution is -2.27. The van der Waals surface area contributed by atoms with E-state index in [1.807, 2.05) is 13.8 Å². The molecule has 0 amide bonds. The Morgan fingerprint density at radius 3 is 1.93 bits per heavy atom. The number of rotatable bonds is 6. The van der Waals surface area contributed by atoms with Gasteiger partial charge in [0.05, 0.1) is 5.16 Å². The summed E-state index contributed by atoms with van der Waals surface area (Å²) in [5.74, 6) is -0.121. The van der Waals surface area contributed by atoms with Crippen molar-refractivity contribution in [3.8, 4) is 0 Å². The van der Waals surface area contributed by atoms with Gasteiger partial charge in [-0.25, -0.2) is 0 Å². The standard InChI is InChI=1S/C10H21O4P/c1-5-8(6-2)9(11)7-10(3,4)15(12,13)14/h8H,5-7H2,1-4H3,(H2,12,13,14). The Hall–Kier alpha value is -0.180. The molecule has 0 aliphatic heterocycles. The molecule has 0 saturated heterocycles. The normalized spacial score (nSPS) is 13.3. The number of carbonyl (C=O) groups is 1. The van der Waals surface area contributed by atoms with Gasteiger partial charge in [0.15, 0.2) is 0 Å². The van der Waals surface area contributed by atoms with Gasteiger partial charge in [-0.1, -0.05) is 13.8 Å². The summed E-state index contributed by atoms with van der Waals surface area (Å²) in [5, 5.41) is -1.24. The SMILES string of the molecule is CCC(CC)C(=O)CC(C)(C)P(=O)(O)O. The molecule has 0 saturated carbocycles. The minimum absolute atomic E-state index is 0.0478. The van der Waals surface area contributed by atoms with Crippen molar-refractivity contribution in [3.05, 3.63) is 0 Å². The first-order valence-corrected chi connectivity index (χ1v) is 6.85. The summed E-state index contributed by atoms with van der Waals surface area (Å²) in [5.41, 5.74) is 0. The van der Waals surface area contributed by atoms with Crippen LogP contribution in [0.3, 0.4) is 0 Å². The summed E-state index contributed by atoms with van der Waals surface area (Å²) in [6.07, 6.45) is 1.41. The summed E-state index contributed by atoms with van der Waals surface area (Å²) in [6.45, 7) is 6.70. The largest absolute Gasteiger partial charge is 0.331 e. The van der Waals surface area contributed by atoms with Crippen LogP contribution in [-0.4, -0.2) is 20.7 Å². The molecule has 15 heavy (non-hydrogen) atoms. The number of Topliss-reactive ketones (excluding diaryl/α,β-unsaturated/α-hetero) is 1. The molecular weight excluding hydrogens is 215 g/mol. The summed E-state index contributed by atoms with van der Waals surface area (Å²) in [7, 11) is -4.20. The van der Waals surface area contributed by atoms with Crippen molar-refractivity contribution in [1.82, 2.24) is 0 Å². The van der Waals surface area contributed by atoms with Gasteiger partial charge in [0, 0.05) is 12.3 Å². The fourth-order valence-corrected chi connectivity index (χ4v) is 1.78. The minimum Gasteiger partial charge on any atom is -0.324 e. The zero-order chi connectivity index (χ0) is 12.3. The number of hydrogen-bond acceptors (Lipinski definition) is 2. The van der Waals surface area contributed by atoms with Crippen LogP contribution in [0, 0.1) is 5.92 Å². The molecule has 2 N–H and O–H groups in total. The molecule has 0 spiro atoms. The van der Waals surface area contributed by atoms with E-state index in [1.165, 1.54) is 13.8 Å². The van der Waals surface area contributed by atoms with Crippen LogP contribution in [0.25, 0.3) is 0 Å². The topological polar surface area (TPSA) is 74.6 Å². The molecule has 4 nitrogen and oxygen atoms in total. The molecule has 0 unspecified atom stereocenters. The van der Waals surface area contributed by atoms with Crippen molar-refractivity contribution < 1.29 is 19.1 Å². The van der Waals surface area contributed by atoms with E-state index in [9.17, 15) is 9.36 Å². The molecule has 0 aromatic rings. The molecule has 0 aromatic carbocycles. The van der Waals surface area contributed by atoms with Crippen molar-refractivity contribution in [3.63, 3.8) is 0 Å². The quantitative estimate of drug-likeness (QED) is 0.694. The van der Waals surface area contributed by atoms with Crippen LogP contribution in [0.5, 0.6) is 0 Å². The first-order chi connectivity index (χ1) is 6.65. The maximum Gasteiger partial charge on any atom is 0.331 e. The molecule has 0 fully saturated rings. The highest BCUT2D eigenvalue weighted by atomic mass is 31.2. The molecule has 0 aliphatic carbocycles. The monoisotopic (exact) mass is 236 g/mol. The molecule has 0 aliphatic rings. The van der Waals surface area contributed by atoms with Crippen LogP contribution in [0.15, 0.2) is 0 Å². The number of hydrogen-bond donors (Lipinski definition) is 2. The molecule has 0 aromatic heterocycles. The third-order valence-electron chi connectivity index (χ3n) is 2.84. The lowest BCUT2D eigenvalue weighted by atomic mass is 9.92. The predicted octanol–water partition coefficient (Wildman–Crippen LogP) is 2.34. The average molecular weight is 236 g/mol. The molecule has 5 heteroatoms. The number of carbonyl (C=O) groups excluding carboxylic acids is 1. The molecule has 0 heterocycles. The third kappa shape index (κ3) is 4.06. The Bertz CT molecular complexity index is 263. The maximum absolute atomic E-state index is 11.7. The summed E-state index contributed by atoms with van der Waals surface area (Å²) < 4.78 is 11.1. The van der Waals surface area contributed by atoms with Gasteiger partial charge in [0.1, 0.15) is 5.78 Å². The van der Waals surface area contributed by atoms with Crippen LogP contribution in [0.1, 0.15) is 47.0 Å². The van der Waals surface area contributed by atoms with Crippen molar-refractivity contribution in [2.75, 3.05) is 0 Å². The zero-order valence-corrected chi connectivity index (χ0v) is 10.8. The molecule has 90 valence electrons. The molecule has 0 bridgehead atoms. The first-order valence-electron chi connectivity index (χ1n) is 5.24. The molecular formula is C10H21O4P. The van der Waals surface area contributed by atoms with E-state index in [1.54, 1.807) is 0 Å². The van der Waals surface area contributed by atoms with Gasteiger partial charge < -0.3 is 9.79 Å². The second-order valence-corrected chi connectivity index (χ2v) is 6.81. The lowest BCUT2D eigenvalue weighted by Gasteiger charge is -2.26. The highest BCUT2D eigenvalue weighted by Gasteiger charge is 2.40. The van der Waals surface area contributed by atoms with Gasteiger partial charge in [0.2, 0.25) is 0 Å². The Kier molecular flexibility index (Phi) is 5.18. The third-order valence-corrected chi connectivity index (χ3v) is 4.57. The van der Waals surface area contributed by atoms with Crippen LogP contribution < -0.4 is 0 Å². The number of ketones is 1. The van der Waals surface area contributed by atoms with Gasteiger partial charge in [-0.05, 0) is 26.7 Å². The fraction of sp³-hybridized carbons (Fsp3) is 0.900. The summed E-state index contributed by atoms with van der Waals surface area (Å²) in [4.78, 5) is 29.9. The molecule has 0 atom stereocenters. The van der Waals surface area contributed by atoms with Gasteiger partial charge in [0.25, 0.3) is 0 Å². The van der Waals surface area contributed by atoms with Crippen molar-refractivity contribution in [2.24, 2.45) is 5.92 Å². The summed E-state index contributed by atoms with van der Waals surface area (Å²) in [6, 6.07) is 0. The van der Waals surface area contributed by atoms with Gasteiger partial charge in [-0.15, -0.1) is 0 Å². The van der Waals surface area contributed by atoms with Crippen molar-refractivity contribution in [2.45, 2.75) is 52.1 Å². The Labute approximate surface area is 91.2 Å². The van der Waals surface area contributed by atoms with E-state index in [-0.39, 0.29) is 18.1 Å². The van der Waals surface area contributed by atoms with E-state index in [4.69, 9.17) is 9.79 Å². The molecule has 0 rings (SSSR count).